The molecular formula is C14H23NO3S. The Balaban J connectivity index is 2.46. The molecule has 0 aliphatic rings. The van der Waals surface area contributed by atoms with Gasteiger partial charge in [-0.1, -0.05) is 38.8 Å². The molecular weight excluding hydrogens is 262 g/mol. The summed E-state index contributed by atoms with van der Waals surface area (Å²) in [6, 6.07) is 6.27. The van der Waals surface area contributed by atoms with Crippen molar-refractivity contribution >= 4 is 10.0 Å². The molecule has 0 amide bonds. The summed E-state index contributed by atoms with van der Waals surface area (Å²) < 4.78 is 26.5. The third kappa shape index (κ3) is 5.72. The van der Waals surface area contributed by atoms with Crippen molar-refractivity contribution < 1.29 is 13.5 Å². The lowest BCUT2D eigenvalue weighted by Gasteiger charge is -2.08. The third-order valence-electron chi connectivity index (χ3n) is 2.92. The smallest absolute Gasteiger partial charge is 0.240 e. The predicted molar refractivity (Wildman–Crippen MR) is 76.2 cm³/mol. The second-order valence-electron chi connectivity index (χ2n) is 5.09. The van der Waals surface area contributed by atoms with Gasteiger partial charge in [0.15, 0.2) is 0 Å². The number of unbranched alkanes of at least 4 members (excludes halogenated alkanes) is 1. The van der Waals surface area contributed by atoms with Crippen LogP contribution in [0.5, 0.6) is 0 Å². The van der Waals surface area contributed by atoms with Crippen LogP contribution in [0.4, 0.5) is 0 Å². The Bertz CT molecular complexity index is 466. The molecule has 1 aromatic carbocycles. The number of benzene rings is 1. The Hall–Kier alpha value is -0.910. The Morgan fingerprint density at radius 2 is 1.79 bits per heavy atom. The molecule has 0 atom stereocenters. The lowest BCUT2D eigenvalue weighted by molar-refractivity contribution is 0.282. The molecule has 0 unspecified atom stereocenters. The van der Waals surface area contributed by atoms with Gasteiger partial charge in [-0.3, -0.25) is 0 Å². The van der Waals surface area contributed by atoms with Gasteiger partial charge in [-0.15, -0.1) is 0 Å². The Labute approximate surface area is 115 Å². The van der Waals surface area contributed by atoms with Gasteiger partial charge in [0.1, 0.15) is 0 Å². The van der Waals surface area contributed by atoms with E-state index in [4.69, 9.17) is 5.11 Å². The molecule has 0 aliphatic carbocycles. The first kappa shape index (κ1) is 16.1. The van der Waals surface area contributed by atoms with E-state index < -0.39 is 10.0 Å². The van der Waals surface area contributed by atoms with Gasteiger partial charge in [0.05, 0.1) is 11.5 Å². The van der Waals surface area contributed by atoms with Crippen molar-refractivity contribution in [3.63, 3.8) is 0 Å². The number of aliphatic hydroxyl groups is 1. The van der Waals surface area contributed by atoms with E-state index in [-0.39, 0.29) is 11.5 Å². The van der Waals surface area contributed by atoms with Crippen LogP contribution >= 0.6 is 0 Å². The average molecular weight is 285 g/mol. The topological polar surface area (TPSA) is 66.4 Å². The predicted octanol–water partition coefficient (Wildman–Crippen LogP) is 2.28. The number of sulfonamides is 1. The van der Waals surface area contributed by atoms with E-state index in [0.717, 1.165) is 19.3 Å². The SMILES string of the molecule is CC(C)CCCCNS(=O)(=O)c1ccc(CO)cc1. The minimum absolute atomic E-state index is 0.0804. The van der Waals surface area contributed by atoms with Crippen LogP contribution in [0, 0.1) is 5.92 Å². The molecule has 0 heterocycles. The van der Waals surface area contributed by atoms with Gasteiger partial charge >= 0.3 is 0 Å². The summed E-state index contributed by atoms with van der Waals surface area (Å²) in [4.78, 5) is 0.244. The summed E-state index contributed by atoms with van der Waals surface area (Å²) in [5.41, 5.74) is 0.705. The van der Waals surface area contributed by atoms with Gasteiger partial charge in [-0.25, -0.2) is 13.1 Å². The highest BCUT2D eigenvalue weighted by Crippen LogP contribution is 2.11. The lowest BCUT2D eigenvalue weighted by Crippen LogP contribution is -2.24. The summed E-state index contributed by atoms with van der Waals surface area (Å²) in [7, 11) is -3.42. The van der Waals surface area contributed by atoms with E-state index >= 15 is 0 Å². The normalized spacial score (nSPS) is 12.0. The monoisotopic (exact) mass is 285 g/mol. The Kier molecular flexibility index (Phi) is 6.48. The third-order valence-corrected chi connectivity index (χ3v) is 4.39. The van der Waals surface area contributed by atoms with Crippen LogP contribution in [0.15, 0.2) is 29.2 Å². The first-order valence-electron chi connectivity index (χ1n) is 6.65. The highest BCUT2D eigenvalue weighted by molar-refractivity contribution is 7.89. The van der Waals surface area contributed by atoms with Crippen molar-refractivity contribution in [2.75, 3.05) is 6.54 Å². The number of nitrogens with one attached hydrogen (secondary N) is 1. The van der Waals surface area contributed by atoms with Crippen molar-refractivity contribution in [1.82, 2.24) is 4.72 Å². The van der Waals surface area contributed by atoms with Crippen molar-refractivity contribution in [1.29, 1.82) is 0 Å². The molecule has 0 aromatic heterocycles. The molecule has 108 valence electrons. The van der Waals surface area contributed by atoms with Crippen LogP contribution in [-0.4, -0.2) is 20.1 Å². The molecule has 0 spiro atoms. The van der Waals surface area contributed by atoms with Gasteiger partial charge in [-0.05, 0) is 30.0 Å². The molecule has 2 N–H and O–H groups in total. The fraction of sp³-hybridized carbons (Fsp3) is 0.571. The maximum absolute atomic E-state index is 12.0. The van der Waals surface area contributed by atoms with Crippen LogP contribution in [0.2, 0.25) is 0 Å². The fourth-order valence-electron chi connectivity index (χ4n) is 1.74. The zero-order valence-corrected chi connectivity index (χ0v) is 12.4. The Morgan fingerprint density at radius 1 is 1.16 bits per heavy atom. The van der Waals surface area contributed by atoms with Crippen LogP contribution in [0.3, 0.4) is 0 Å². The molecule has 0 saturated heterocycles. The largest absolute Gasteiger partial charge is 0.392 e. The summed E-state index contributed by atoms with van der Waals surface area (Å²) in [5.74, 6) is 0.655. The van der Waals surface area contributed by atoms with Crippen LogP contribution in [0.25, 0.3) is 0 Å². The van der Waals surface area contributed by atoms with Crippen molar-refractivity contribution in [3.8, 4) is 0 Å². The molecule has 5 heteroatoms. The van der Waals surface area contributed by atoms with E-state index in [0.29, 0.717) is 18.0 Å². The van der Waals surface area contributed by atoms with Gasteiger partial charge in [0.25, 0.3) is 0 Å². The van der Waals surface area contributed by atoms with Crippen LogP contribution < -0.4 is 4.72 Å². The van der Waals surface area contributed by atoms with E-state index in [1.165, 1.54) is 12.1 Å². The minimum Gasteiger partial charge on any atom is -0.392 e. The Morgan fingerprint density at radius 3 is 2.32 bits per heavy atom. The first-order chi connectivity index (χ1) is 8.95. The van der Waals surface area contributed by atoms with Gasteiger partial charge in [-0.2, -0.15) is 0 Å². The van der Waals surface area contributed by atoms with E-state index in [1.807, 2.05) is 0 Å². The molecule has 0 radical (unpaired) electrons. The summed E-state index contributed by atoms with van der Waals surface area (Å²) >= 11 is 0. The standard InChI is InChI=1S/C14H23NO3S/c1-12(2)5-3-4-10-15-19(17,18)14-8-6-13(11-16)7-9-14/h6-9,12,15-16H,3-5,10-11H2,1-2H3. The maximum Gasteiger partial charge on any atom is 0.240 e. The zero-order chi connectivity index (χ0) is 14.3. The van der Waals surface area contributed by atoms with Crippen molar-refractivity contribution in [3.05, 3.63) is 29.8 Å². The van der Waals surface area contributed by atoms with Crippen LogP contribution in [-0.2, 0) is 16.6 Å². The van der Waals surface area contributed by atoms with E-state index in [2.05, 4.69) is 18.6 Å². The zero-order valence-electron chi connectivity index (χ0n) is 11.6. The van der Waals surface area contributed by atoms with E-state index in [1.54, 1.807) is 12.1 Å². The maximum atomic E-state index is 12.0. The molecule has 0 fully saturated rings. The molecule has 4 nitrogen and oxygen atoms in total. The van der Waals surface area contributed by atoms with Crippen molar-refractivity contribution in [2.45, 2.75) is 44.6 Å². The average Bonchev–Trinajstić information content (AvgIpc) is 2.38. The van der Waals surface area contributed by atoms with Gasteiger partial charge in [0.2, 0.25) is 10.0 Å². The molecule has 0 bridgehead atoms. The van der Waals surface area contributed by atoms with Crippen molar-refractivity contribution in [2.24, 2.45) is 5.92 Å². The molecule has 19 heavy (non-hydrogen) atoms. The molecule has 1 rings (SSSR count). The molecule has 0 saturated carbocycles. The second-order valence-corrected chi connectivity index (χ2v) is 6.86. The number of hydrogen-bond acceptors (Lipinski definition) is 3. The summed E-state index contributed by atoms with van der Waals surface area (Å²) in [6.07, 6.45) is 3.00. The van der Waals surface area contributed by atoms with E-state index in [9.17, 15) is 8.42 Å². The number of rotatable bonds is 8. The minimum atomic E-state index is -3.42. The molecule has 1 aromatic rings. The van der Waals surface area contributed by atoms with Gasteiger partial charge < -0.3 is 5.11 Å². The first-order valence-corrected chi connectivity index (χ1v) is 8.13. The fourth-order valence-corrected chi connectivity index (χ4v) is 2.82. The highest BCUT2D eigenvalue weighted by atomic mass is 32.2. The lowest BCUT2D eigenvalue weighted by atomic mass is 10.1. The molecule has 0 aliphatic heterocycles. The highest BCUT2D eigenvalue weighted by Gasteiger charge is 2.12. The summed E-state index contributed by atoms with van der Waals surface area (Å²) in [5, 5.41) is 8.91. The quantitative estimate of drug-likeness (QED) is 0.720. The van der Waals surface area contributed by atoms with Crippen LogP contribution in [0.1, 0.15) is 38.7 Å². The van der Waals surface area contributed by atoms with Gasteiger partial charge in [0, 0.05) is 6.54 Å². The number of aliphatic hydroxyl groups excluding tert-OH is 1. The summed E-state index contributed by atoms with van der Waals surface area (Å²) in [6.45, 7) is 4.71. The second kappa shape index (κ2) is 7.62. The number of hydrogen-bond donors (Lipinski definition) is 2.